The number of benzene rings is 1. The topological polar surface area (TPSA) is 49.3 Å². The summed E-state index contributed by atoms with van der Waals surface area (Å²) in [5, 5.41) is 13.4. The van der Waals surface area contributed by atoms with Crippen LogP contribution in [0.4, 0.5) is 0 Å². The molecular weight excluding hydrogens is 286 g/mol. The number of hydrogen-bond acceptors (Lipinski definition) is 2. The Morgan fingerprint density at radius 1 is 1.38 bits per heavy atom. The lowest BCUT2D eigenvalue weighted by Crippen LogP contribution is -2.58. The summed E-state index contributed by atoms with van der Waals surface area (Å²) in [6.45, 7) is 3.96. The molecule has 0 radical (unpaired) electrons. The molecule has 116 valence electrons. The van der Waals surface area contributed by atoms with E-state index in [-0.39, 0.29) is 12.5 Å². The van der Waals surface area contributed by atoms with Crippen LogP contribution in [0.15, 0.2) is 24.3 Å². The van der Waals surface area contributed by atoms with E-state index >= 15 is 0 Å². The standard InChI is InChI=1S/C17H24ClNO2/c1-3-16(4-2,12-20)19-15(21)17(9-6-10-17)13-7-5-8-14(18)11-13/h5,7-8,11,20H,3-4,6,9-10,12H2,1-2H3,(H,19,21). The minimum atomic E-state index is -0.516. The Labute approximate surface area is 131 Å². The van der Waals surface area contributed by atoms with E-state index < -0.39 is 11.0 Å². The number of aliphatic hydroxyl groups excluding tert-OH is 1. The monoisotopic (exact) mass is 309 g/mol. The van der Waals surface area contributed by atoms with Crippen molar-refractivity contribution >= 4 is 17.5 Å². The highest BCUT2D eigenvalue weighted by molar-refractivity contribution is 6.30. The summed E-state index contributed by atoms with van der Waals surface area (Å²) in [5.41, 5.74) is -0.00808. The van der Waals surface area contributed by atoms with Crippen molar-refractivity contribution in [1.29, 1.82) is 0 Å². The summed E-state index contributed by atoms with van der Waals surface area (Å²) >= 11 is 6.08. The summed E-state index contributed by atoms with van der Waals surface area (Å²) in [5.74, 6) is 0.0220. The maximum Gasteiger partial charge on any atom is 0.231 e. The zero-order chi connectivity index (χ0) is 15.5. The molecule has 0 spiro atoms. The summed E-state index contributed by atoms with van der Waals surface area (Å²) in [6, 6.07) is 7.58. The van der Waals surface area contributed by atoms with Gasteiger partial charge in [-0.3, -0.25) is 4.79 Å². The molecule has 4 heteroatoms. The number of carbonyl (C=O) groups is 1. The van der Waals surface area contributed by atoms with Gasteiger partial charge >= 0.3 is 0 Å². The molecule has 1 aliphatic carbocycles. The van der Waals surface area contributed by atoms with Crippen LogP contribution in [0.3, 0.4) is 0 Å². The van der Waals surface area contributed by atoms with Crippen LogP contribution >= 0.6 is 11.6 Å². The maximum atomic E-state index is 12.9. The molecule has 1 fully saturated rings. The minimum absolute atomic E-state index is 0.0220. The summed E-state index contributed by atoms with van der Waals surface area (Å²) < 4.78 is 0. The van der Waals surface area contributed by atoms with Crippen molar-refractivity contribution in [3.63, 3.8) is 0 Å². The fourth-order valence-electron chi connectivity index (χ4n) is 3.01. The summed E-state index contributed by atoms with van der Waals surface area (Å²) in [7, 11) is 0. The van der Waals surface area contributed by atoms with Gasteiger partial charge in [-0.1, -0.05) is 44.0 Å². The van der Waals surface area contributed by atoms with Gasteiger partial charge in [-0.25, -0.2) is 0 Å². The molecule has 1 aromatic carbocycles. The molecule has 3 nitrogen and oxygen atoms in total. The van der Waals surface area contributed by atoms with Crippen molar-refractivity contribution in [1.82, 2.24) is 5.32 Å². The van der Waals surface area contributed by atoms with Crippen LogP contribution in [-0.2, 0) is 10.2 Å². The average Bonchev–Trinajstić information content (AvgIpc) is 2.44. The van der Waals surface area contributed by atoms with Gasteiger partial charge in [0.05, 0.1) is 17.6 Å². The maximum absolute atomic E-state index is 12.9. The van der Waals surface area contributed by atoms with Crippen molar-refractivity contribution in [2.75, 3.05) is 6.61 Å². The quantitative estimate of drug-likeness (QED) is 0.846. The van der Waals surface area contributed by atoms with Crippen LogP contribution < -0.4 is 5.32 Å². The van der Waals surface area contributed by atoms with Crippen LogP contribution in [0.25, 0.3) is 0 Å². The molecule has 1 saturated carbocycles. The van der Waals surface area contributed by atoms with E-state index in [0.29, 0.717) is 5.02 Å². The number of halogens is 1. The zero-order valence-corrected chi connectivity index (χ0v) is 13.5. The van der Waals surface area contributed by atoms with Crippen molar-refractivity contribution in [2.24, 2.45) is 0 Å². The van der Waals surface area contributed by atoms with E-state index in [1.54, 1.807) is 0 Å². The first-order valence-electron chi connectivity index (χ1n) is 7.71. The Morgan fingerprint density at radius 3 is 2.48 bits per heavy atom. The lowest BCUT2D eigenvalue weighted by Gasteiger charge is -2.44. The smallest absolute Gasteiger partial charge is 0.231 e. The van der Waals surface area contributed by atoms with Crippen LogP contribution in [0.2, 0.25) is 5.02 Å². The van der Waals surface area contributed by atoms with Gasteiger partial charge in [0.25, 0.3) is 0 Å². The number of rotatable bonds is 6. The largest absolute Gasteiger partial charge is 0.394 e. The molecule has 0 unspecified atom stereocenters. The van der Waals surface area contributed by atoms with Crippen LogP contribution in [0.5, 0.6) is 0 Å². The van der Waals surface area contributed by atoms with Gasteiger partial charge < -0.3 is 10.4 Å². The molecule has 2 rings (SSSR count). The van der Waals surface area contributed by atoms with Crippen molar-refractivity contribution in [3.8, 4) is 0 Å². The van der Waals surface area contributed by atoms with Crippen LogP contribution in [0.1, 0.15) is 51.5 Å². The van der Waals surface area contributed by atoms with Crippen molar-refractivity contribution in [2.45, 2.75) is 56.9 Å². The SMILES string of the molecule is CCC(CC)(CO)NC(=O)C1(c2cccc(Cl)c2)CCC1. The molecule has 0 bridgehead atoms. The molecule has 1 aliphatic rings. The fourth-order valence-corrected chi connectivity index (χ4v) is 3.20. The average molecular weight is 310 g/mol. The second kappa shape index (κ2) is 6.37. The van der Waals surface area contributed by atoms with E-state index in [1.165, 1.54) is 0 Å². The van der Waals surface area contributed by atoms with E-state index in [2.05, 4.69) is 5.32 Å². The number of aliphatic hydroxyl groups is 1. The molecule has 21 heavy (non-hydrogen) atoms. The van der Waals surface area contributed by atoms with Gasteiger partial charge in [-0.05, 0) is 43.4 Å². The number of amides is 1. The van der Waals surface area contributed by atoms with E-state index in [4.69, 9.17) is 11.6 Å². The highest BCUT2D eigenvalue weighted by Crippen LogP contribution is 2.45. The molecule has 2 N–H and O–H groups in total. The Hall–Kier alpha value is -1.06. The first kappa shape index (κ1) is 16.3. The van der Waals surface area contributed by atoms with E-state index in [9.17, 15) is 9.90 Å². The van der Waals surface area contributed by atoms with Crippen molar-refractivity contribution in [3.05, 3.63) is 34.9 Å². The first-order valence-corrected chi connectivity index (χ1v) is 8.09. The highest BCUT2D eigenvalue weighted by Gasteiger charge is 2.47. The van der Waals surface area contributed by atoms with E-state index in [1.807, 2.05) is 38.1 Å². The first-order chi connectivity index (χ1) is 10.0. The van der Waals surface area contributed by atoms with E-state index in [0.717, 1.165) is 37.7 Å². The highest BCUT2D eigenvalue weighted by atomic mass is 35.5. The lowest BCUT2D eigenvalue weighted by atomic mass is 9.63. The van der Waals surface area contributed by atoms with Gasteiger partial charge in [0.1, 0.15) is 0 Å². The Balaban J connectivity index is 2.27. The third-order valence-corrected chi connectivity index (χ3v) is 5.29. The molecule has 0 aromatic heterocycles. The fraction of sp³-hybridized carbons (Fsp3) is 0.588. The Bertz CT molecular complexity index is 499. The van der Waals surface area contributed by atoms with Crippen molar-refractivity contribution < 1.29 is 9.90 Å². The van der Waals surface area contributed by atoms with Gasteiger partial charge in [0, 0.05) is 5.02 Å². The molecule has 1 aromatic rings. The van der Waals surface area contributed by atoms with Gasteiger partial charge in [0.2, 0.25) is 5.91 Å². The summed E-state index contributed by atoms with van der Waals surface area (Å²) in [6.07, 6.45) is 4.17. The Kier molecular flexibility index (Phi) is 4.95. The van der Waals surface area contributed by atoms with Gasteiger partial charge in [0.15, 0.2) is 0 Å². The normalized spacial score (nSPS) is 17.1. The van der Waals surface area contributed by atoms with Crippen LogP contribution in [-0.4, -0.2) is 23.2 Å². The van der Waals surface area contributed by atoms with Gasteiger partial charge in [-0.15, -0.1) is 0 Å². The minimum Gasteiger partial charge on any atom is -0.394 e. The number of hydrogen-bond donors (Lipinski definition) is 2. The van der Waals surface area contributed by atoms with Crippen LogP contribution in [0, 0.1) is 0 Å². The Morgan fingerprint density at radius 2 is 2.05 bits per heavy atom. The lowest BCUT2D eigenvalue weighted by molar-refractivity contribution is -0.132. The number of carbonyl (C=O) groups excluding carboxylic acids is 1. The van der Waals surface area contributed by atoms with Gasteiger partial charge in [-0.2, -0.15) is 0 Å². The third-order valence-electron chi connectivity index (χ3n) is 5.05. The molecule has 0 saturated heterocycles. The predicted octanol–water partition coefficient (Wildman–Crippen LogP) is 3.43. The number of nitrogens with one attached hydrogen (secondary N) is 1. The second-order valence-corrected chi connectivity index (χ2v) is 6.48. The summed E-state index contributed by atoms with van der Waals surface area (Å²) in [4.78, 5) is 12.9. The third kappa shape index (κ3) is 2.95. The molecular formula is C17H24ClNO2. The predicted molar refractivity (Wildman–Crippen MR) is 85.5 cm³/mol. The molecule has 0 atom stereocenters. The molecule has 1 amide bonds. The molecule has 0 aliphatic heterocycles. The second-order valence-electron chi connectivity index (χ2n) is 6.05. The molecule has 0 heterocycles. The zero-order valence-electron chi connectivity index (χ0n) is 12.8.